The molecule has 0 spiro atoms. The standard InChI is InChI=1S/C28H25Cl2NO3/c1-33-24-12-6-10-20(26(24)29)14-22-17-31(16-19-8-4-3-5-9-19)18-23(28(22)32)15-21-11-7-13-25(34-2)27(21)30/h3-15H,16-18H2,1-2H3. The largest absolute Gasteiger partial charge is 0.495 e. The summed E-state index contributed by atoms with van der Waals surface area (Å²) in [5, 5.41) is 0.957. The van der Waals surface area contributed by atoms with Crippen LogP contribution in [0.25, 0.3) is 12.2 Å². The first kappa shape index (κ1) is 24.1. The van der Waals surface area contributed by atoms with Crippen LogP contribution >= 0.6 is 23.2 Å². The van der Waals surface area contributed by atoms with Crippen LogP contribution in [0.15, 0.2) is 77.9 Å². The molecule has 174 valence electrons. The first-order valence-corrected chi connectivity index (χ1v) is 11.6. The molecule has 0 aliphatic carbocycles. The van der Waals surface area contributed by atoms with Crippen molar-refractivity contribution in [2.75, 3.05) is 27.3 Å². The molecule has 0 atom stereocenters. The summed E-state index contributed by atoms with van der Waals surface area (Å²) in [6, 6.07) is 21.3. The highest BCUT2D eigenvalue weighted by atomic mass is 35.5. The molecule has 34 heavy (non-hydrogen) atoms. The van der Waals surface area contributed by atoms with Gasteiger partial charge in [-0.2, -0.15) is 0 Å². The Morgan fingerprint density at radius 3 is 1.74 bits per heavy atom. The van der Waals surface area contributed by atoms with Gasteiger partial charge in [0.25, 0.3) is 0 Å². The van der Waals surface area contributed by atoms with Gasteiger partial charge in [-0.25, -0.2) is 0 Å². The third-order valence-electron chi connectivity index (χ3n) is 5.71. The van der Waals surface area contributed by atoms with E-state index >= 15 is 0 Å². The summed E-state index contributed by atoms with van der Waals surface area (Å²) < 4.78 is 10.7. The van der Waals surface area contributed by atoms with Crippen LogP contribution < -0.4 is 9.47 Å². The molecule has 1 fully saturated rings. The summed E-state index contributed by atoms with van der Waals surface area (Å²) in [5.74, 6) is 1.11. The number of Topliss-reactive ketones (excluding diaryl/α,β-unsaturated/α-hetero) is 1. The van der Waals surface area contributed by atoms with Gasteiger partial charge in [-0.05, 0) is 41.0 Å². The van der Waals surface area contributed by atoms with Gasteiger partial charge in [0.1, 0.15) is 11.5 Å². The zero-order valence-electron chi connectivity index (χ0n) is 19.1. The second-order valence-electron chi connectivity index (χ2n) is 8.03. The number of benzene rings is 3. The van der Waals surface area contributed by atoms with Crippen LogP contribution in [0.2, 0.25) is 10.0 Å². The molecule has 0 amide bonds. The number of carbonyl (C=O) groups excluding carboxylic acids is 1. The van der Waals surface area contributed by atoms with E-state index in [1.165, 1.54) is 5.56 Å². The Bertz CT molecular complexity index is 1180. The molecule has 1 heterocycles. The Kier molecular flexibility index (Phi) is 7.73. The predicted octanol–water partition coefficient (Wildman–Crippen LogP) is 6.56. The first-order valence-electron chi connectivity index (χ1n) is 10.9. The molecule has 0 saturated carbocycles. The zero-order chi connectivity index (χ0) is 24.1. The molecule has 3 aromatic rings. The lowest BCUT2D eigenvalue weighted by molar-refractivity contribution is -0.113. The highest BCUT2D eigenvalue weighted by Crippen LogP contribution is 2.33. The predicted molar refractivity (Wildman–Crippen MR) is 139 cm³/mol. The van der Waals surface area contributed by atoms with Gasteiger partial charge in [-0.15, -0.1) is 0 Å². The molecule has 1 aliphatic rings. The monoisotopic (exact) mass is 493 g/mol. The van der Waals surface area contributed by atoms with Gasteiger partial charge >= 0.3 is 0 Å². The van der Waals surface area contributed by atoms with Crippen LogP contribution in [0.4, 0.5) is 0 Å². The second kappa shape index (κ2) is 10.9. The summed E-state index contributed by atoms with van der Waals surface area (Å²) in [5.41, 5.74) is 3.97. The van der Waals surface area contributed by atoms with Crippen LogP contribution in [0.1, 0.15) is 16.7 Å². The summed E-state index contributed by atoms with van der Waals surface area (Å²) >= 11 is 13.0. The van der Waals surface area contributed by atoms with E-state index in [0.717, 1.165) is 11.1 Å². The Morgan fingerprint density at radius 2 is 1.26 bits per heavy atom. The summed E-state index contributed by atoms with van der Waals surface area (Å²) in [4.78, 5) is 15.8. The maximum absolute atomic E-state index is 13.6. The van der Waals surface area contributed by atoms with E-state index in [1.807, 2.05) is 54.6 Å². The fourth-order valence-corrected chi connectivity index (χ4v) is 4.55. The van der Waals surface area contributed by atoms with Crippen molar-refractivity contribution in [1.82, 2.24) is 4.90 Å². The van der Waals surface area contributed by atoms with Crippen molar-refractivity contribution in [3.63, 3.8) is 0 Å². The molecule has 1 saturated heterocycles. The average molecular weight is 494 g/mol. The molecule has 4 nitrogen and oxygen atoms in total. The van der Waals surface area contributed by atoms with Gasteiger partial charge < -0.3 is 9.47 Å². The average Bonchev–Trinajstić information content (AvgIpc) is 2.85. The SMILES string of the molecule is COc1cccc(C=C2CN(Cc3ccccc3)CC(=Cc3cccc(OC)c3Cl)C2=O)c1Cl. The third-order valence-corrected chi connectivity index (χ3v) is 6.51. The minimum atomic E-state index is -0.0258. The van der Waals surface area contributed by atoms with Crippen molar-refractivity contribution in [1.29, 1.82) is 0 Å². The quantitative estimate of drug-likeness (QED) is 0.364. The van der Waals surface area contributed by atoms with E-state index in [1.54, 1.807) is 26.4 Å². The number of methoxy groups -OCH3 is 2. The number of hydrogen-bond donors (Lipinski definition) is 0. The van der Waals surface area contributed by atoms with Crippen LogP contribution in [-0.4, -0.2) is 38.0 Å². The van der Waals surface area contributed by atoms with E-state index in [0.29, 0.717) is 52.3 Å². The molecule has 6 heteroatoms. The van der Waals surface area contributed by atoms with Gasteiger partial charge in [0.05, 0.1) is 24.3 Å². The summed E-state index contributed by atoms with van der Waals surface area (Å²) in [6.45, 7) is 1.72. The number of piperidine rings is 1. The molecule has 4 rings (SSSR count). The number of carbonyl (C=O) groups is 1. The summed E-state index contributed by atoms with van der Waals surface area (Å²) in [6.07, 6.45) is 3.71. The van der Waals surface area contributed by atoms with E-state index in [2.05, 4.69) is 17.0 Å². The van der Waals surface area contributed by atoms with E-state index < -0.39 is 0 Å². The van der Waals surface area contributed by atoms with Crippen molar-refractivity contribution in [2.45, 2.75) is 6.54 Å². The van der Waals surface area contributed by atoms with Gasteiger partial charge in [0, 0.05) is 30.8 Å². The lowest BCUT2D eigenvalue weighted by atomic mass is 9.93. The van der Waals surface area contributed by atoms with Crippen molar-refractivity contribution in [3.8, 4) is 11.5 Å². The molecule has 0 aromatic heterocycles. The highest BCUT2D eigenvalue weighted by Gasteiger charge is 2.27. The number of ketones is 1. The van der Waals surface area contributed by atoms with Crippen LogP contribution in [0.3, 0.4) is 0 Å². The molecule has 0 N–H and O–H groups in total. The number of ether oxygens (including phenoxy) is 2. The molecule has 1 aliphatic heterocycles. The van der Waals surface area contributed by atoms with Gasteiger partial charge in [-0.1, -0.05) is 77.8 Å². The maximum atomic E-state index is 13.6. The molecular formula is C28H25Cl2NO3. The number of nitrogens with zero attached hydrogens (tertiary/aromatic N) is 1. The van der Waals surface area contributed by atoms with Crippen molar-refractivity contribution in [3.05, 3.63) is 105 Å². The normalized spacial score (nSPS) is 16.8. The zero-order valence-corrected chi connectivity index (χ0v) is 20.6. The Morgan fingerprint density at radius 1 is 0.765 bits per heavy atom. The number of halogens is 2. The minimum Gasteiger partial charge on any atom is -0.495 e. The van der Waals surface area contributed by atoms with E-state index in [-0.39, 0.29) is 5.78 Å². The highest BCUT2D eigenvalue weighted by molar-refractivity contribution is 6.34. The lowest BCUT2D eigenvalue weighted by Gasteiger charge is -2.30. The molecule has 0 unspecified atom stereocenters. The topological polar surface area (TPSA) is 38.8 Å². The van der Waals surface area contributed by atoms with E-state index in [9.17, 15) is 4.79 Å². The van der Waals surface area contributed by atoms with Crippen LogP contribution in [0.5, 0.6) is 11.5 Å². The Balaban J connectivity index is 1.75. The fourth-order valence-electron chi connectivity index (χ4n) is 4.03. The minimum absolute atomic E-state index is 0.0258. The van der Waals surface area contributed by atoms with E-state index in [4.69, 9.17) is 32.7 Å². The smallest absolute Gasteiger partial charge is 0.187 e. The Labute approximate surface area is 210 Å². The van der Waals surface area contributed by atoms with Crippen LogP contribution in [0, 0.1) is 0 Å². The molecule has 0 radical (unpaired) electrons. The van der Waals surface area contributed by atoms with Gasteiger partial charge in [0.2, 0.25) is 0 Å². The Hall–Kier alpha value is -3.05. The van der Waals surface area contributed by atoms with Crippen molar-refractivity contribution >= 4 is 41.1 Å². The first-order chi connectivity index (χ1) is 16.5. The van der Waals surface area contributed by atoms with Crippen molar-refractivity contribution < 1.29 is 14.3 Å². The number of likely N-dealkylation sites (tertiary alicyclic amines) is 1. The molecular weight excluding hydrogens is 469 g/mol. The third kappa shape index (κ3) is 5.36. The maximum Gasteiger partial charge on any atom is 0.187 e. The van der Waals surface area contributed by atoms with Crippen LogP contribution in [-0.2, 0) is 11.3 Å². The number of hydrogen-bond acceptors (Lipinski definition) is 4. The fraction of sp³-hybridized carbons (Fsp3) is 0.179. The second-order valence-corrected chi connectivity index (χ2v) is 8.78. The molecule has 0 bridgehead atoms. The summed E-state index contributed by atoms with van der Waals surface area (Å²) in [7, 11) is 3.15. The van der Waals surface area contributed by atoms with Gasteiger partial charge in [-0.3, -0.25) is 9.69 Å². The lowest BCUT2D eigenvalue weighted by Crippen LogP contribution is -2.37. The van der Waals surface area contributed by atoms with Gasteiger partial charge in [0.15, 0.2) is 5.78 Å². The molecule has 3 aromatic carbocycles. The number of rotatable bonds is 6. The van der Waals surface area contributed by atoms with Crippen molar-refractivity contribution in [2.24, 2.45) is 0 Å².